The number of hydrogen-bond donors (Lipinski definition) is 2. The third-order valence-corrected chi connectivity index (χ3v) is 8.37. The second kappa shape index (κ2) is 4.09. The molecule has 6 nitrogen and oxygen atoms in total. The average molecular weight is 328 g/mol. The van der Waals surface area contributed by atoms with E-state index in [0.717, 1.165) is 25.7 Å². The molecular formula is C18H20N2O4. The number of carbonyl (C=O) groups excluding carboxylic acids is 4. The molecule has 4 saturated carbocycles. The molecule has 4 bridgehead atoms. The quantitative estimate of drug-likeness (QED) is 0.667. The lowest BCUT2D eigenvalue weighted by molar-refractivity contribution is -0.128. The van der Waals surface area contributed by atoms with Gasteiger partial charge in [-0.25, -0.2) is 0 Å². The van der Waals surface area contributed by atoms with Gasteiger partial charge in [-0.05, 0) is 61.2 Å². The zero-order valence-corrected chi connectivity index (χ0v) is 13.2. The predicted molar refractivity (Wildman–Crippen MR) is 79.7 cm³/mol. The summed E-state index contributed by atoms with van der Waals surface area (Å²) in [6, 6.07) is 0. The number of nitrogens with one attached hydrogen (secondary N) is 2. The molecule has 24 heavy (non-hydrogen) atoms. The number of imide groups is 2. The van der Waals surface area contributed by atoms with E-state index >= 15 is 0 Å². The van der Waals surface area contributed by atoms with Crippen molar-refractivity contribution in [3.63, 3.8) is 0 Å². The SMILES string of the molecule is O=C1NC(=O)C2C3CC(CC3C3CC4CC3C3C(=O)NC(=O)C43)C12. The minimum atomic E-state index is -0.129. The summed E-state index contributed by atoms with van der Waals surface area (Å²) < 4.78 is 0. The van der Waals surface area contributed by atoms with Gasteiger partial charge in [-0.3, -0.25) is 29.8 Å². The van der Waals surface area contributed by atoms with Crippen molar-refractivity contribution in [1.82, 2.24) is 10.6 Å². The van der Waals surface area contributed by atoms with E-state index in [4.69, 9.17) is 0 Å². The van der Waals surface area contributed by atoms with Gasteiger partial charge in [0.1, 0.15) is 0 Å². The third kappa shape index (κ3) is 1.37. The summed E-state index contributed by atoms with van der Waals surface area (Å²) in [6.07, 6.45) is 4.03. The molecule has 0 spiro atoms. The lowest BCUT2D eigenvalue weighted by Crippen LogP contribution is -2.39. The maximum Gasteiger partial charge on any atom is 0.230 e. The number of carbonyl (C=O) groups is 4. The predicted octanol–water partition coefficient (Wildman–Crippen LogP) is 0.0760. The van der Waals surface area contributed by atoms with Gasteiger partial charge in [0, 0.05) is 0 Å². The van der Waals surface area contributed by atoms with Gasteiger partial charge in [-0.15, -0.1) is 0 Å². The summed E-state index contributed by atoms with van der Waals surface area (Å²) in [5, 5.41) is 5.06. The average Bonchev–Trinajstić information content (AvgIpc) is 3.31. The molecule has 6 fully saturated rings. The second-order valence-electron chi connectivity index (χ2n) is 8.93. The van der Waals surface area contributed by atoms with E-state index in [-0.39, 0.29) is 47.3 Å². The Balaban J connectivity index is 1.30. The van der Waals surface area contributed by atoms with Crippen molar-refractivity contribution in [3.8, 4) is 0 Å². The zero-order valence-electron chi connectivity index (χ0n) is 13.2. The Morgan fingerprint density at radius 2 is 0.833 bits per heavy atom. The van der Waals surface area contributed by atoms with Gasteiger partial charge >= 0.3 is 0 Å². The Morgan fingerprint density at radius 1 is 0.500 bits per heavy atom. The second-order valence-corrected chi connectivity index (χ2v) is 8.93. The van der Waals surface area contributed by atoms with E-state index in [9.17, 15) is 19.2 Å². The van der Waals surface area contributed by atoms with Crippen molar-refractivity contribution >= 4 is 23.6 Å². The highest BCUT2D eigenvalue weighted by Gasteiger charge is 2.67. The van der Waals surface area contributed by atoms with Crippen LogP contribution in [0.1, 0.15) is 25.7 Å². The largest absolute Gasteiger partial charge is 0.296 e. The van der Waals surface area contributed by atoms with E-state index < -0.39 is 0 Å². The van der Waals surface area contributed by atoms with Crippen LogP contribution in [0.25, 0.3) is 0 Å². The molecule has 4 amide bonds. The van der Waals surface area contributed by atoms with Crippen molar-refractivity contribution < 1.29 is 19.2 Å². The van der Waals surface area contributed by atoms with Crippen molar-refractivity contribution in [2.75, 3.05) is 0 Å². The summed E-state index contributed by atoms with van der Waals surface area (Å²) >= 11 is 0. The maximum atomic E-state index is 12.2. The summed E-state index contributed by atoms with van der Waals surface area (Å²) in [7, 11) is 0. The van der Waals surface area contributed by atoms with Gasteiger partial charge in [0.25, 0.3) is 0 Å². The summed E-state index contributed by atoms with van der Waals surface area (Å²) in [4.78, 5) is 48.5. The standard InChI is InChI=1S/C18H20N2O4/c21-15-11-5-1-7(9(3-5)13(11)17(23)19-15)8-2-6-4-10(8)14-12(6)16(22)20-18(14)24/h5-14H,1-4H2,(H,19,21,23)(H,20,22,24). The molecule has 10 atom stereocenters. The number of amides is 4. The van der Waals surface area contributed by atoms with Crippen molar-refractivity contribution in [3.05, 3.63) is 0 Å². The Labute approximate surface area is 139 Å². The Morgan fingerprint density at radius 3 is 1.25 bits per heavy atom. The van der Waals surface area contributed by atoms with Gasteiger partial charge in [0.15, 0.2) is 0 Å². The summed E-state index contributed by atoms with van der Waals surface area (Å²) in [5.74, 6) is 1.45. The molecule has 10 unspecified atom stereocenters. The molecule has 6 aliphatic rings. The Kier molecular flexibility index (Phi) is 2.31. The van der Waals surface area contributed by atoms with Crippen LogP contribution in [-0.2, 0) is 19.2 Å². The first-order chi connectivity index (χ1) is 11.5. The minimum absolute atomic E-state index is 0.0651. The molecule has 2 heterocycles. The first kappa shape index (κ1) is 13.6. The summed E-state index contributed by atoms with van der Waals surface area (Å²) in [5.41, 5.74) is 0. The van der Waals surface area contributed by atoms with Crippen LogP contribution in [0.3, 0.4) is 0 Å². The van der Waals surface area contributed by atoms with E-state index in [1.807, 2.05) is 0 Å². The van der Waals surface area contributed by atoms with E-state index in [1.54, 1.807) is 0 Å². The van der Waals surface area contributed by atoms with Gasteiger partial charge in [0.05, 0.1) is 23.7 Å². The van der Waals surface area contributed by atoms with Crippen molar-refractivity contribution in [1.29, 1.82) is 0 Å². The molecule has 0 aromatic heterocycles. The number of hydrogen-bond acceptors (Lipinski definition) is 4. The Bertz CT molecular complexity index is 658. The summed E-state index contributed by atoms with van der Waals surface area (Å²) in [6.45, 7) is 0. The van der Waals surface area contributed by atoms with Crippen LogP contribution < -0.4 is 10.6 Å². The highest BCUT2D eigenvalue weighted by Crippen LogP contribution is 2.66. The highest BCUT2D eigenvalue weighted by atomic mass is 16.2. The third-order valence-electron chi connectivity index (χ3n) is 8.37. The fourth-order valence-corrected chi connectivity index (χ4v) is 7.85. The highest BCUT2D eigenvalue weighted by molar-refractivity contribution is 6.06. The fourth-order valence-electron chi connectivity index (χ4n) is 7.85. The minimum Gasteiger partial charge on any atom is -0.296 e. The van der Waals surface area contributed by atoms with Gasteiger partial charge in [-0.2, -0.15) is 0 Å². The zero-order chi connectivity index (χ0) is 16.3. The lowest BCUT2D eigenvalue weighted by Gasteiger charge is -2.39. The van der Waals surface area contributed by atoms with E-state index in [1.165, 1.54) is 0 Å². The van der Waals surface area contributed by atoms with Crippen LogP contribution in [0.4, 0.5) is 0 Å². The molecule has 0 radical (unpaired) electrons. The molecule has 4 aliphatic carbocycles. The molecule has 0 aromatic carbocycles. The number of fused-ring (bicyclic) bond motifs is 10. The normalized spacial score (nSPS) is 56.7. The smallest absolute Gasteiger partial charge is 0.230 e. The molecule has 2 aliphatic heterocycles. The van der Waals surface area contributed by atoms with Crippen LogP contribution in [0.2, 0.25) is 0 Å². The molecule has 2 saturated heterocycles. The molecule has 126 valence electrons. The maximum absolute atomic E-state index is 12.2. The molecule has 6 rings (SSSR count). The lowest BCUT2D eigenvalue weighted by atomic mass is 9.63. The first-order valence-corrected chi connectivity index (χ1v) is 9.24. The monoisotopic (exact) mass is 328 g/mol. The molecule has 0 aromatic rings. The Hall–Kier alpha value is -1.72. The van der Waals surface area contributed by atoms with Crippen LogP contribution in [-0.4, -0.2) is 23.6 Å². The molecular weight excluding hydrogens is 308 g/mol. The van der Waals surface area contributed by atoms with Crippen LogP contribution in [0, 0.1) is 59.2 Å². The van der Waals surface area contributed by atoms with Crippen molar-refractivity contribution in [2.45, 2.75) is 25.7 Å². The number of rotatable bonds is 1. The molecule has 6 heteroatoms. The van der Waals surface area contributed by atoms with Gasteiger partial charge < -0.3 is 0 Å². The van der Waals surface area contributed by atoms with Gasteiger partial charge in [-0.1, -0.05) is 0 Å². The first-order valence-electron chi connectivity index (χ1n) is 9.24. The van der Waals surface area contributed by atoms with Crippen LogP contribution >= 0.6 is 0 Å². The van der Waals surface area contributed by atoms with E-state index in [0.29, 0.717) is 35.5 Å². The molecule has 2 N–H and O–H groups in total. The topological polar surface area (TPSA) is 92.3 Å². The van der Waals surface area contributed by atoms with Gasteiger partial charge in [0.2, 0.25) is 23.6 Å². The van der Waals surface area contributed by atoms with Crippen LogP contribution in [0.5, 0.6) is 0 Å². The van der Waals surface area contributed by atoms with Crippen molar-refractivity contribution in [2.24, 2.45) is 59.2 Å². The van der Waals surface area contributed by atoms with Crippen LogP contribution in [0.15, 0.2) is 0 Å². The van der Waals surface area contributed by atoms with E-state index in [2.05, 4.69) is 10.6 Å². The fraction of sp³-hybridized carbons (Fsp3) is 0.778.